The molecule has 0 unspecified atom stereocenters. The predicted molar refractivity (Wildman–Crippen MR) is 107 cm³/mol. The van der Waals surface area contributed by atoms with Crippen molar-refractivity contribution in [2.75, 3.05) is 33.2 Å². The lowest BCUT2D eigenvalue weighted by atomic mass is 10.1. The third-order valence-corrected chi connectivity index (χ3v) is 5.51. The Morgan fingerprint density at radius 3 is 2.30 bits per heavy atom. The molecule has 1 fully saturated rings. The van der Waals surface area contributed by atoms with Crippen LogP contribution in [0.3, 0.4) is 0 Å². The SMILES string of the molecule is CNC(=O)c1ccc(CN2CCN(C(=O)c3cccc(Cl)c3Cl)CC2)cc1. The number of hydrogen-bond donors (Lipinski definition) is 1. The van der Waals surface area contributed by atoms with Gasteiger partial charge in [0.15, 0.2) is 0 Å². The second kappa shape index (κ2) is 8.74. The number of carbonyl (C=O) groups is 2. The Morgan fingerprint density at radius 1 is 1.00 bits per heavy atom. The zero-order valence-electron chi connectivity index (χ0n) is 15.0. The molecule has 5 nitrogen and oxygen atoms in total. The van der Waals surface area contributed by atoms with Crippen molar-refractivity contribution in [2.45, 2.75) is 6.54 Å². The van der Waals surface area contributed by atoms with Gasteiger partial charge in [0, 0.05) is 45.3 Å². The van der Waals surface area contributed by atoms with Crippen LogP contribution in [0.5, 0.6) is 0 Å². The molecule has 0 aliphatic carbocycles. The molecule has 142 valence electrons. The molecule has 2 amide bonds. The molecule has 0 radical (unpaired) electrons. The fourth-order valence-corrected chi connectivity index (χ4v) is 3.49. The number of nitrogens with one attached hydrogen (secondary N) is 1. The van der Waals surface area contributed by atoms with Gasteiger partial charge < -0.3 is 10.2 Å². The van der Waals surface area contributed by atoms with E-state index in [-0.39, 0.29) is 11.8 Å². The highest BCUT2D eigenvalue weighted by molar-refractivity contribution is 6.43. The van der Waals surface area contributed by atoms with E-state index in [0.29, 0.717) is 34.3 Å². The Hall–Kier alpha value is -2.08. The number of carbonyl (C=O) groups excluding carboxylic acids is 2. The smallest absolute Gasteiger partial charge is 0.255 e. The second-order valence-corrected chi connectivity index (χ2v) is 7.23. The molecule has 0 aromatic heterocycles. The number of benzene rings is 2. The standard InChI is InChI=1S/C20H21Cl2N3O2/c1-23-19(26)15-7-5-14(6-8-15)13-24-9-11-25(12-10-24)20(27)16-3-2-4-17(21)18(16)22/h2-8H,9-13H2,1H3,(H,23,26). The third-order valence-electron chi connectivity index (χ3n) is 4.69. The molecular weight excluding hydrogens is 385 g/mol. The number of piperazine rings is 1. The van der Waals surface area contributed by atoms with Crippen LogP contribution < -0.4 is 5.32 Å². The van der Waals surface area contributed by atoms with Crippen molar-refractivity contribution < 1.29 is 9.59 Å². The number of rotatable bonds is 4. The van der Waals surface area contributed by atoms with Gasteiger partial charge in [0.2, 0.25) is 0 Å². The molecule has 0 bridgehead atoms. The van der Waals surface area contributed by atoms with Crippen LogP contribution in [0.15, 0.2) is 42.5 Å². The van der Waals surface area contributed by atoms with Gasteiger partial charge in [0.25, 0.3) is 11.8 Å². The number of hydrogen-bond acceptors (Lipinski definition) is 3. The molecule has 1 saturated heterocycles. The quantitative estimate of drug-likeness (QED) is 0.848. The van der Waals surface area contributed by atoms with Crippen LogP contribution in [0.4, 0.5) is 0 Å². The van der Waals surface area contributed by atoms with Gasteiger partial charge in [0.05, 0.1) is 15.6 Å². The van der Waals surface area contributed by atoms with E-state index in [1.165, 1.54) is 0 Å². The summed E-state index contributed by atoms with van der Waals surface area (Å²) >= 11 is 12.2. The van der Waals surface area contributed by atoms with Crippen molar-refractivity contribution in [1.82, 2.24) is 15.1 Å². The average molecular weight is 406 g/mol. The molecule has 1 heterocycles. The first-order valence-corrected chi connectivity index (χ1v) is 9.52. The summed E-state index contributed by atoms with van der Waals surface area (Å²) < 4.78 is 0. The van der Waals surface area contributed by atoms with Gasteiger partial charge in [-0.2, -0.15) is 0 Å². The number of halogens is 2. The first-order chi connectivity index (χ1) is 13.0. The van der Waals surface area contributed by atoms with Crippen LogP contribution in [-0.4, -0.2) is 54.8 Å². The summed E-state index contributed by atoms with van der Waals surface area (Å²) in [5, 5.41) is 3.31. The molecule has 3 rings (SSSR count). The molecule has 1 aliphatic rings. The normalized spacial score (nSPS) is 14.9. The van der Waals surface area contributed by atoms with Gasteiger partial charge in [-0.15, -0.1) is 0 Å². The minimum absolute atomic E-state index is 0.0860. The summed E-state index contributed by atoms with van der Waals surface area (Å²) in [5.41, 5.74) is 2.23. The lowest BCUT2D eigenvalue weighted by Gasteiger charge is -2.35. The van der Waals surface area contributed by atoms with E-state index in [1.807, 2.05) is 29.2 Å². The second-order valence-electron chi connectivity index (χ2n) is 6.45. The molecule has 1 aliphatic heterocycles. The highest BCUT2D eigenvalue weighted by atomic mass is 35.5. The van der Waals surface area contributed by atoms with E-state index < -0.39 is 0 Å². The average Bonchev–Trinajstić information content (AvgIpc) is 2.70. The number of nitrogens with zero attached hydrogens (tertiary/aromatic N) is 2. The van der Waals surface area contributed by atoms with Crippen molar-refractivity contribution >= 4 is 35.0 Å². The zero-order chi connectivity index (χ0) is 19.4. The van der Waals surface area contributed by atoms with Crippen LogP contribution in [0.25, 0.3) is 0 Å². The van der Waals surface area contributed by atoms with Crippen LogP contribution in [-0.2, 0) is 6.54 Å². The monoisotopic (exact) mass is 405 g/mol. The summed E-state index contributed by atoms with van der Waals surface area (Å²) in [6.45, 7) is 3.62. The minimum atomic E-state index is -0.0895. The molecule has 2 aromatic carbocycles. The lowest BCUT2D eigenvalue weighted by molar-refractivity contribution is 0.0628. The predicted octanol–water partition coefficient (Wildman–Crippen LogP) is 3.31. The van der Waals surface area contributed by atoms with Crippen molar-refractivity contribution in [2.24, 2.45) is 0 Å². The summed E-state index contributed by atoms with van der Waals surface area (Å²) in [4.78, 5) is 28.4. The van der Waals surface area contributed by atoms with Gasteiger partial charge in [0.1, 0.15) is 0 Å². The highest BCUT2D eigenvalue weighted by Crippen LogP contribution is 2.26. The van der Waals surface area contributed by atoms with Crippen LogP contribution in [0.2, 0.25) is 10.0 Å². The van der Waals surface area contributed by atoms with E-state index in [2.05, 4.69) is 10.2 Å². The molecular formula is C20H21Cl2N3O2. The molecule has 2 aromatic rings. The summed E-state index contributed by atoms with van der Waals surface area (Å²) in [5.74, 6) is -0.176. The molecule has 0 atom stereocenters. The van der Waals surface area contributed by atoms with E-state index >= 15 is 0 Å². The van der Waals surface area contributed by atoms with Crippen molar-refractivity contribution in [3.63, 3.8) is 0 Å². The first kappa shape index (κ1) is 19.7. The fraction of sp³-hybridized carbons (Fsp3) is 0.300. The molecule has 1 N–H and O–H groups in total. The Bertz CT molecular complexity index is 832. The molecule has 27 heavy (non-hydrogen) atoms. The number of amides is 2. The van der Waals surface area contributed by atoms with Gasteiger partial charge >= 0.3 is 0 Å². The zero-order valence-corrected chi connectivity index (χ0v) is 16.6. The van der Waals surface area contributed by atoms with Crippen molar-refractivity contribution in [1.29, 1.82) is 0 Å². The van der Waals surface area contributed by atoms with Crippen LogP contribution >= 0.6 is 23.2 Å². The van der Waals surface area contributed by atoms with Crippen LogP contribution in [0.1, 0.15) is 26.3 Å². The summed E-state index contributed by atoms with van der Waals surface area (Å²) in [7, 11) is 1.62. The maximum Gasteiger partial charge on any atom is 0.255 e. The van der Waals surface area contributed by atoms with Gasteiger partial charge in [-0.05, 0) is 29.8 Å². The van der Waals surface area contributed by atoms with Crippen LogP contribution in [0, 0.1) is 0 Å². The maximum absolute atomic E-state index is 12.7. The Kier molecular flexibility index (Phi) is 6.37. The summed E-state index contributed by atoms with van der Waals surface area (Å²) in [6.07, 6.45) is 0. The fourth-order valence-electron chi connectivity index (χ4n) is 3.11. The largest absolute Gasteiger partial charge is 0.355 e. The topological polar surface area (TPSA) is 52.7 Å². The third kappa shape index (κ3) is 4.61. The van der Waals surface area contributed by atoms with Crippen molar-refractivity contribution in [3.8, 4) is 0 Å². The molecule has 0 saturated carbocycles. The minimum Gasteiger partial charge on any atom is -0.355 e. The Balaban J connectivity index is 1.56. The first-order valence-electron chi connectivity index (χ1n) is 8.76. The van der Waals surface area contributed by atoms with E-state index in [1.54, 1.807) is 25.2 Å². The summed E-state index contributed by atoms with van der Waals surface area (Å²) in [6, 6.07) is 12.7. The molecule has 7 heteroatoms. The van der Waals surface area contributed by atoms with Gasteiger partial charge in [-0.25, -0.2) is 0 Å². The van der Waals surface area contributed by atoms with Gasteiger partial charge in [-0.3, -0.25) is 14.5 Å². The van der Waals surface area contributed by atoms with E-state index in [0.717, 1.165) is 25.2 Å². The lowest BCUT2D eigenvalue weighted by Crippen LogP contribution is -2.48. The van der Waals surface area contributed by atoms with E-state index in [9.17, 15) is 9.59 Å². The van der Waals surface area contributed by atoms with Gasteiger partial charge in [-0.1, -0.05) is 41.4 Å². The Morgan fingerprint density at radius 2 is 1.67 bits per heavy atom. The van der Waals surface area contributed by atoms with Crippen molar-refractivity contribution in [3.05, 3.63) is 69.2 Å². The Labute approximate surface area is 168 Å². The molecule has 0 spiro atoms. The maximum atomic E-state index is 12.7. The van der Waals surface area contributed by atoms with E-state index in [4.69, 9.17) is 23.2 Å². The highest BCUT2D eigenvalue weighted by Gasteiger charge is 2.24.